The SMILES string of the molecule is CNc1nc(C(F)(F)C(F)(F)F)nc2c(Cc3ccccc3OC)cnn12. The number of fused-ring (bicyclic) bond motifs is 1. The number of hydrogen-bond donors (Lipinski definition) is 1. The Bertz CT molecular complexity index is 969. The second-order valence-electron chi connectivity index (χ2n) is 5.59. The number of rotatable bonds is 5. The van der Waals surface area contributed by atoms with Crippen molar-refractivity contribution in [2.24, 2.45) is 0 Å². The molecule has 0 atom stereocenters. The van der Waals surface area contributed by atoms with Gasteiger partial charge >= 0.3 is 12.1 Å². The summed E-state index contributed by atoms with van der Waals surface area (Å²) >= 11 is 0. The molecule has 0 unspecified atom stereocenters. The first-order valence-electron chi connectivity index (χ1n) is 7.68. The molecule has 0 amide bonds. The smallest absolute Gasteiger partial charge is 0.461 e. The van der Waals surface area contributed by atoms with Gasteiger partial charge in [-0.25, -0.2) is 4.98 Å². The second kappa shape index (κ2) is 6.63. The molecule has 0 spiro atoms. The zero-order valence-electron chi connectivity index (χ0n) is 14.2. The highest BCUT2D eigenvalue weighted by molar-refractivity contribution is 5.54. The molecule has 3 rings (SSSR count). The summed E-state index contributed by atoms with van der Waals surface area (Å²) in [5, 5.41) is 6.45. The van der Waals surface area contributed by atoms with Gasteiger partial charge in [-0.05, 0) is 11.6 Å². The van der Waals surface area contributed by atoms with Crippen molar-refractivity contribution in [3.05, 3.63) is 47.4 Å². The molecule has 0 radical (unpaired) electrons. The molecule has 3 aromatic rings. The van der Waals surface area contributed by atoms with E-state index < -0.39 is 17.9 Å². The first kappa shape index (κ1) is 18.8. The van der Waals surface area contributed by atoms with Gasteiger partial charge in [0.1, 0.15) is 5.75 Å². The molecule has 0 fully saturated rings. The lowest BCUT2D eigenvalue weighted by molar-refractivity contribution is -0.292. The quantitative estimate of drug-likeness (QED) is 0.680. The molecule has 2 aromatic heterocycles. The van der Waals surface area contributed by atoms with Crippen molar-refractivity contribution in [3.8, 4) is 5.75 Å². The summed E-state index contributed by atoms with van der Waals surface area (Å²) < 4.78 is 72.0. The molecule has 1 aromatic carbocycles. The molecule has 27 heavy (non-hydrogen) atoms. The van der Waals surface area contributed by atoms with Gasteiger partial charge in [0.15, 0.2) is 5.65 Å². The van der Waals surface area contributed by atoms with E-state index in [1.165, 1.54) is 20.4 Å². The van der Waals surface area contributed by atoms with Crippen LogP contribution in [0.25, 0.3) is 5.65 Å². The highest BCUT2D eigenvalue weighted by Crippen LogP contribution is 2.42. The number of hydrogen-bond acceptors (Lipinski definition) is 5. The monoisotopic (exact) mass is 387 g/mol. The number of nitrogens with zero attached hydrogens (tertiary/aromatic N) is 4. The van der Waals surface area contributed by atoms with Gasteiger partial charge in [-0.1, -0.05) is 18.2 Å². The van der Waals surface area contributed by atoms with E-state index in [4.69, 9.17) is 4.74 Å². The Kier molecular flexibility index (Phi) is 4.62. The van der Waals surface area contributed by atoms with Crippen molar-refractivity contribution < 1.29 is 26.7 Å². The summed E-state index contributed by atoms with van der Waals surface area (Å²) in [6, 6.07) is 6.95. The van der Waals surface area contributed by atoms with E-state index in [0.717, 1.165) is 4.52 Å². The number of methoxy groups -OCH3 is 1. The second-order valence-corrected chi connectivity index (χ2v) is 5.59. The predicted molar refractivity (Wildman–Crippen MR) is 86.1 cm³/mol. The van der Waals surface area contributed by atoms with Crippen LogP contribution in [-0.2, 0) is 12.3 Å². The predicted octanol–water partition coefficient (Wildman–Crippen LogP) is 3.42. The van der Waals surface area contributed by atoms with Gasteiger partial charge in [-0.15, -0.1) is 0 Å². The molecule has 11 heteroatoms. The van der Waals surface area contributed by atoms with E-state index in [-0.39, 0.29) is 18.0 Å². The fourth-order valence-corrected chi connectivity index (χ4v) is 2.53. The third-order valence-electron chi connectivity index (χ3n) is 3.87. The maximum Gasteiger partial charge on any atom is 0.461 e. The minimum absolute atomic E-state index is 0.154. The summed E-state index contributed by atoms with van der Waals surface area (Å²) in [5.41, 5.74) is 0.889. The molecule has 0 aliphatic carbocycles. The molecule has 0 aliphatic heterocycles. The van der Waals surface area contributed by atoms with Crippen LogP contribution in [0, 0.1) is 0 Å². The molecule has 2 heterocycles. The number of ether oxygens (including phenoxy) is 1. The first-order valence-corrected chi connectivity index (χ1v) is 7.68. The number of nitrogens with one attached hydrogen (secondary N) is 1. The number of para-hydroxylation sites is 1. The van der Waals surface area contributed by atoms with Gasteiger partial charge in [0, 0.05) is 19.0 Å². The van der Waals surface area contributed by atoms with Crippen molar-refractivity contribution in [2.45, 2.75) is 18.5 Å². The van der Waals surface area contributed by atoms with Crippen LogP contribution in [-0.4, -0.2) is 39.9 Å². The summed E-state index contributed by atoms with van der Waals surface area (Å²) in [5.74, 6) is -6.59. The van der Waals surface area contributed by atoms with Gasteiger partial charge in [0.25, 0.3) is 0 Å². The fraction of sp³-hybridized carbons (Fsp3) is 0.312. The number of halogens is 5. The minimum atomic E-state index is -5.82. The average molecular weight is 387 g/mol. The molecule has 0 aliphatic rings. The van der Waals surface area contributed by atoms with Crippen LogP contribution in [0.5, 0.6) is 5.75 Å². The lowest BCUT2D eigenvalue weighted by atomic mass is 10.1. The maximum atomic E-state index is 13.8. The number of benzene rings is 1. The zero-order chi connectivity index (χ0) is 19.8. The first-order chi connectivity index (χ1) is 12.7. The average Bonchev–Trinajstić information content (AvgIpc) is 3.03. The van der Waals surface area contributed by atoms with Crippen molar-refractivity contribution in [1.82, 2.24) is 19.6 Å². The molecule has 6 nitrogen and oxygen atoms in total. The van der Waals surface area contributed by atoms with Crippen LogP contribution in [0.4, 0.5) is 27.9 Å². The molecule has 0 saturated carbocycles. The molecule has 1 N–H and O–H groups in total. The molecular formula is C16H14F5N5O. The lowest BCUT2D eigenvalue weighted by Gasteiger charge is -2.18. The number of aromatic nitrogens is 4. The summed E-state index contributed by atoms with van der Waals surface area (Å²) in [7, 11) is 2.80. The molecule has 0 saturated heterocycles. The van der Waals surface area contributed by atoms with Crippen LogP contribution in [0.2, 0.25) is 0 Å². The Morgan fingerprint density at radius 3 is 2.41 bits per heavy atom. The Labute approximate surface area is 150 Å². The van der Waals surface area contributed by atoms with E-state index >= 15 is 0 Å². The maximum absolute atomic E-state index is 13.8. The van der Waals surface area contributed by atoms with E-state index in [9.17, 15) is 22.0 Å². The van der Waals surface area contributed by atoms with Crippen LogP contribution < -0.4 is 10.1 Å². The Morgan fingerprint density at radius 2 is 1.78 bits per heavy atom. The summed E-state index contributed by atoms with van der Waals surface area (Å²) in [6.45, 7) is 0. The van der Waals surface area contributed by atoms with E-state index in [0.29, 0.717) is 16.9 Å². The highest BCUT2D eigenvalue weighted by Gasteiger charge is 2.61. The summed E-state index contributed by atoms with van der Waals surface area (Å²) in [4.78, 5) is 6.77. The van der Waals surface area contributed by atoms with E-state index in [2.05, 4.69) is 20.4 Å². The van der Waals surface area contributed by atoms with Crippen LogP contribution in [0.1, 0.15) is 17.0 Å². The number of anilines is 1. The number of alkyl halides is 5. The summed E-state index contributed by atoms with van der Waals surface area (Å²) in [6.07, 6.45) is -4.31. The fourth-order valence-electron chi connectivity index (χ4n) is 2.53. The normalized spacial score (nSPS) is 12.4. The molecular weight excluding hydrogens is 373 g/mol. The van der Waals surface area contributed by atoms with E-state index in [1.807, 2.05) is 0 Å². The standard InChI is InChI=1S/C16H14F5N5O/c1-22-14-25-13(15(17,18)16(19,20)21)24-12-10(8-23-26(12)14)7-9-5-3-4-6-11(9)27-2/h3-6,8H,7H2,1-2H3,(H,22,24,25). The van der Waals surface area contributed by atoms with Gasteiger partial charge in [-0.3, -0.25) is 0 Å². The Balaban J connectivity index is 2.15. The van der Waals surface area contributed by atoms with Gasteiger partial charge in [0.2, 0.25) is 11.8 Å². The van der Waals surface area contributed by atoms with Gasteiger partial charge in [-0.2, -0.15) is 36.6 Å². The lowest BCUT2D eigenvalue weighted by Crippen LogP contribution is -2.36. The molecule has 144 valence electrons. The Morgan fingerprint density at radius 1 is 1.07 bits per heavy atom. The van der Waals surface area contributed by atoms with Crippen molar-refractivity contribution in [3.63, 3.8) is 0 Å². The van der Waals surface area contributed by atoms with Crippen molar-refractivity contribution in [1.29, 1.82) is 0 Å². The van der Waals surface area contributed by atoms with Gasteiger partial charge < -0.3 is 10.1 Å². The highest BCUT2D eigenvalue weighted by atomic mass is 19.4. The van der Waals surface area contributed by atoms with Crippen molar-refractivity contribution >= 4 is 11.6 Å². The van der Waals surface area contributed by atoms with Crippen molar-refractivity contribution in [2.75, 3.05) is 19.5 Å². The van der Waals surface area contributed by atoms with E-state index in [1.54, 1.807) is 24.3 Å². The zero-order valence-corrected chi connectivity index (χ0v) is 14.2. The van der Waals surface area contributed by atoms with Crippen LogP contribution in [0.15, 0.2) is 30.5 Å². The third-order valence-corrected chi connectivity index (χ3v) is 3.87. The van der Waals surface area contributed by atoms with Crippen LogP contribution >= 0.6 is 0 Å². The van der Waals surface area contributed by atoms with Crippen LogP contribution in [0.3, 0.4) is 0 Å². The minimum Gasteiger partial charge on any atom is -0.496 e. The molecule has 0 bridgehead atoms. The third kappa shape index (κ3) is 3.24. The largest absolute Gasteiger partial charge is 0.496 e. The topological polar surface area (TPSA) is 64.3 Å². The van der Waals surface area contributed by atoms with Gasteiger partial charge in [0.05, 0.1) is 13.3 Å². The Hall–Kier alpha value is -2.98.